The van der Waals surface area contributed by atoms with Gasteiger partial charge in [0.25, 0.3) is 11.6 Å². The lowest BCUT2D eigenvalue weighted by Gasteiger charge is -2.04. The van der Waals surface area contributed by atoms with Gasteiger partial charge in [-0.15, -0.1) is 0 Å². The Morgan fingerprint density at radius 2 is 2.00 bits per heavy atom. The van der Waals surface area contributed by atoms with Crippen LogP contribution in [0.5, 0.6) is 0 Å². The molecule has 0 fully saturated rings. The lowest BCUT2D eigenvalue weighted by atomic mass is 10.2. The maximum atomic E-state index is 11.4. The van der Waals surface area contributed by atoms with Gasteiger partial charge in [-0.25, -0.2) is 4.79 Å². The molecule has 118 valence electrons. The monoisotopic (exact) mass is 306 g/mol. The molecule has 7 nitrogen and oxygen atoms in total. The maximum Gasteiger partial charge on any atom is 0.331 e. The summed E-state index contributed by atoms with van der Waals surface area (Å²) < 4.78 is 4.77. The minimum absolute atomic E-state index is 0.0246. The lowest BCUT2D eigenvalue weighted by Crippen LogP contribution is -2.29. The highest BCUT2D eigenvalue weighted by Crippen LogP contribution is 2.12. The van der Waals surface area contributed by atoms with Crippen molar-refractivity contribution in [3.8, 4) is 0 Å². The highest BCUT2D eigenvalue weighted by Gasteiger charge is 2.05. The van der Waals surface area contributed by atoms with Gasteiger partial charge < -0.3 is 10.1 Å². The van der Waals surface area contributed by atoms with Crippen LogP contribution in [0.4, 0.5) is 5.69 Å². The first-order chi connectivity index (χ1) is 10.5. The normalized spacial score (nSPS) is 10.4. The maximum absolute atomic E-state index is 11.4. The van der Waals surface area contributed by atoms with Gasteiger partial charge >= 0.3 is 5.97 Å². The minimum atomic E-state index is -0.649. The number of nitro benzene ring substituents is 1. The molecule has 0 aromatic heterocycles. The lowest BCUT2D eigenvalue weighted by molar-refractivity contribution is -0.384. The van der Waals surface area contributed by atoms with Crippen LogP contribution in [-0.4, -0.2) is 30.0 Å². The van der Waals surface area contributed by atoms with Gasteiger partial charge in [0.1, 0.15) is 0 Å². The van der Waals surface area contributed by atoms with Crippen molar-refractivity contribution in [1.82, 2.24) is 5.32 Å². The zero-order chi connectivity index (χ0) is 16.4. The van der Waals surface area contributed by atoms with Gasteiger partial charge in [0, 0.05) is 24.8 Å². The molecule has 0 atom stereocenters. The van der Waals surface area contributed by atoms with Gasteiger partial charge in [0.05, 0.1) is 4.92 Å². The summed E-state index contributed by atoms with van der Waals surface area (Å²) in [7, 11) is 0. The van der Waals surface area contributed by atoms with Crippen LogP contribution in [0.2, 0.25) is 0 Å². The van der Waals surface area contributed by atoms with Crippen LogP contribution in [0.1, 0.15) is 25.3 Å². The molecule has 0 spiro atoms. The Kier molecular flexibility index (Phi) is 7.32. The van der Waals surface area contributed by atoms with Gasteiger partial charge in [-0.2, -0.15) is 0 Å². The number of non-ortho nitro benzene ring substituents is 1. The number of carbonyl (C=O) groups is 2. The highest BCUT2D eigenvalue weighted by molar-refractivity contribution is 5.89. The topological polar surface area (TPSA) is 98.5 Å². The first kappa shape index (κ1) is 17.4. The molecule has 1 N–H and O–H groups in total. The van der Waals surface area contributed by atoms with E-state index in [1.54, 1.807) is 0 Å². The van der Waals surface area contributed by atoms with Crippen molar-refractivity contribution in [3.63, 3.8) is 0 Å². The van der Waals surface area contributed by atoms with Gasteiger partial charge in [0.2, 0.25) is 0 Å². The smallest absolute Gasteiger partial charge is 0.331 e. The fourth-order valence-corrected chi connectivity index (χ4v) is 1.51. The van der Waals surface area contributed by atoms with Crippen LogP contribution in [0.25, 0.3) is 6.08 Å². The van der Waals surface area contributed by atoms with Crippen molar-refractivity contribution in [2.24, 2.45) is 0 Å². The van der Waals surface area contributed by atoms with Crippen LogP contribution in [0.3, 0.4) is 0 Å². The van der Waals surface area contributed by atoms with Crippen LogP contribution >= 0.6 is 0 Å². The van der Waals surface area contributed by atoms with E-state index in [0.29, 0.717) is 12.1 Å². The third kappa shape index (κ3) is 6.65. The number of carbonyl (C=O) groups excluding carboxylic acids is 2. The number of amides is 1. The summed E-state index contributed by atoms with van der Waals surface area (Å²) in [5.41, 5.74) is 0.596. The third-order valence-corrected chi connectivity index (χ3v) is 2.71. The first-order valence-corrected chi connectivity index (χ1v) is 6.89. The second kappa shape index (κ2) is 9.28. The molecule has 0 unspecified atom stereocenters. The van der Waals surface area contributed by atoms with E-state index < -0.39 is 10.9 Å². The number of hydrogen-bond acceptors (Lipinski definition) is 5. The Morgan fingerprint density at radius 3 is 2.59 bits per heavy atom. The molecule has 7 heteroatoms. The predicted molar refractivity (Wildman–Crippen MR) is 81.0 cm³/mol. The molecule has 0 saturated heterocycles. The van der Waals surface area contributed by atoms with Crippen LogP contribution in [-0.2, 0) is 14.3 Å². The Labute approximate surface area is 128 Å². The SMILES string of the molecule is CCCCNC(=O)COC(=O)/C=C/c1ccc([N+](=O)[O-])cc1. The molecular formula is C15H18N2O5. The molecular weight excluding hydrogens is 288 g/mol. The molecule has 0 radical (unpaired) electrons. The van der Waals surface area contributed by atoms with E-state index in [9.17, 15) is 19.7 Å². The highest BCUT2D eigenvalue weighted by atomic mass is 16.6. The minimum Gasteiger partial charge on any atom is -0.452 e. The molecule has 0 saturated carbocycles. The number of hydrogen-bond donors (Lipinski definition) is 1. The molecule has 0 bridgehead atoms. The Morgan fingerprint density at radius 1 is 1.32 bits per heavy atom. The van der Waals surface area contributed by atoms with E-state index in [-0.39, 0.29) is 18.2 Å². The third-order valence-electron chi connectivity index (χ3n) is 2.71. The zero-order valence-corrected chi connectivity index (χ0v) is 12.3. The number of nitrogens with zero attached hydrogens (tertiary/aromatic N) is 1. The van der Waals surface area contributed by atoms with Crippen molar-refractivity contribution < 1.29 is 19.2 Å². The zero-order valence-electron chi connectivity index (χ0n) is 12.3. The quantitative estimate of drug-likeness (QED) is 0.260. The average molecular weight is 306 g/mol. The van der Waals surface area contributed by atoms with Crippen LogP contribution < -0.4 is 5.32 Å². The van der Waals surface area contributed by atoms with Crippen molar-refractivity contribution in [2.45, 2.75) is 19.8 Å². The van der Waals surface area contributed by atoms with Crippen LogP contribution in [0.15, 0.2) is 30.3 Å². The summed E-state index contributed by atoms with van der Waals surface area (Å²) in [6.45, 7) is 2.24. The van der Waals surface area contributed by atoms with E-state index in [4.69, 9.17) is 4.74 Å². The molecule has 1 aromatic carbocycles. The molecule has 1 amide bonds. The summed E-state index contributed by atoms with van der Waals surface area (Å²) in [6.07, 6.45) is 4.47. The summed E-state index contributed by atoms with van der Waals surface area (Å²) >= 11 is 0. The number of esters is 1. The van der Waals surface area contributed by atoms with Crippen molar-refractivity contribution >= 4 is 23.6 Å². The van der Waals surface area contributed by atoms with Gasteiger partial charge in [-0.05, 0) is 30.2 Å². The number of nitro groups is 1. The summed E-state index contributed by atoms with van der Waals surface area (Å²) in [5.74, 6) is -0.991. The predicted octanol–water partition coefficient (Wildman–Crippen LogP) is 2.07. The molecule has 1 rings (SSSR count). The Balaban J connectivity index is 2.37. The van der Waals surface area contributed by atoms with Gasteiger partial charge in [-0.3, -0.25) is 14.9 Å². The standard InChI is InChI=1S/C15H18N2O5/c1-2-3-10-16-14(18)11-22-15(19)9-6-12-4-7-13(8-5-12)17(20)21/h4-9H,2-3,10-11H2,1H3,(H,16,18)/b9-6+. The molecule has 0 aliphatic heterocycles. The molecule has 0 heterocycles. The van der Waals surface area contributed by atoms with Crippen molar-refractivity contribution in [1.29, 1.82) is 0 Å². The number of unbranched alkanes of at least 4 members (excludes halogenated alkanes) is 1. The van der Waals surface area contributed by atoms with E-state index in [1.165, 1.54) is 36.4 Å². The van der Waals surface area contributed by atoms with Crippen molar-refractivity contribution in [3.05, 3.63) is 46.0 Å². The number of rotatable bonds is 8. The molecule has 0 aliphatic rings. The summed E-state index contributed by atoms with van der Waals surface area (Å²) in [4.78, 5) is 32.7. The Hall–Kier alpha value is -2.70. The van der Waals surface area contributed by atoms with Gasteiger partial charge in [0.15, 0.2) is 6.61 Å². The van der Waals surface area contributed by atoms with E-state index in [1.807, 2.05) is 6.92 Å². The fraction of sp³-hybridized carbons (Fsp3) is 0.333. The first-order valence-electron chi connectivity index (χ1n) is 6.89. The number of ether oxygens (including phenoxy) is 1. The van der Waals surface area contributed by atoms with E-state index >= 15 is 0 Å². The Bertz CT molecular complexity index is 552. The van der Waals surface area contributed by atoms with Gasteiger partial charge in [-0.1, -0.05) is 13.3 Å². The summed E-state index contributed by atoms with van der Waals surface area (Å²) in [6, 6.07) is 5.71. The summed E-state index contributed by atoms with van der Waals surface area (Å²) in [5, 5.41) is 13.1. The molecule has 22 heavy (non-hydrogen) atoms. The molecule has 0 aliphatic carbocycles. The average Bonchev–Trinajstić information content (AvgIpc) is 2.51. The van der Waals surface area contributed by atoms with E-state index in [0.717, 1.165) is 12.8 Å². The number of nitrogens with one attached hydrogen (secondary N) is 1. The molecule has 1 aromatic rings. The largest absolute Gasteiger partial charge is 0.452 e. The second-order valence-electron chi connectivity index (χ2n) is 4.49. The van der Waals surface area contributed by atoms with Crippen molar-refractivity contribution in [2.75, 3.05) is 13.2 Å². The van der Waals surface area contributed by atoms with Crippen LogP contribution in [0, 0.1) is 10.1 Å². The second-order valence-corrected chi connectivity index (χ2v) is 4.49. The number of benzene rings is 1. The fourth-order valence-electron chi connectivity index (χ4n) is 1.51. The van der Waals surface area contributed by atoms with E-state index in [2.05, 4.69) is 5.32 Å².